The number of hydrogen-bond acceptors (Lipinski definition) is 3. The second-order valence-electron chi connectivity index (χ2n) is 2.38. The van der Waals surface area contributed by atoms with Crippen LogP contribution in [0.4, 0.5) is 0 Å². The maximum atomic E-state index is 10.7. The summed E-state index contributed by atoms with van der Waals surface area (Å²) in [4.78, 5) is 11.8. The molecule has 0 N–H and O–H groups in total. The number of hydrogen-bond donors (Lipinski definition) is 0. The molecule has 2 heterocycles. The molecular formula is C8H5BrO2S. The van der Waals surface area contributed by atoms with Gasteiger partial charge in [-0.25, -0.2) is 4.79 Å². The highest BCUT2D eigenvalue weighted by atomic mass is 79.9. The molecule has 0 amide bonds. The highest BCUT2D eigenvalue weighted by molar-refractivity contribution is 9.10. The van der Waals surface area contributed by atoms with Crippen LogP contribution >= 0.6 is 27.3 Å². The lowest BCUT2D eigenvalue weighted by atomic mass is 10.3. The van der Waals surface area contributed by atoms with Crippen LogP contribution in [0.15, 0.2) is 28.1 Å². The maximum Gasteiger partial charge on any atom is 0.331 e. The standard InChI is InChI=1S/C8H5BrO2S/c9-5-3-7(12-4-5)6-1-2-8(10)11-6/h1-4,6H. The van der Waals surface area contributed by atoms with Crippen LogP contribution in [-0.4, -0.2) is 5.97 Å². The van der Waals surface area contributed by atoms with Crippen molar-refractivity contribution in [2.24, 2.45) is 0 Å². The zero-order valence-electron chi connectivity index (χ0n) is 5.99. The molecule has 0 aliphatic carbocycles. The van der Waals surface area contributed by atoms with Gasteiger partial charge in [-0.15, -0.1) is 11.3 Å². The summed E-state index contributed by atoms with van der Waals surface area (Å²) in [5.74, 6) is -0.260. The molecule has 2 nitrogen and oxygen atoms in total. The molecule has 1 aromatic heterocycles. The largest absolute Gasteiger partial charge is 0.449 e. The van der Waals surface area contributed by atoms with Gasteiger partial charge >= 0.3 is 5.97 Å². The van der Waals surface area contributed by atoms with Gasteiger partial charge in [0.15, 0.2) is 6.10 Å². The minimum atomic E-state index is -0.260. The van der Waals surface area contributed by atoms with Crippen molar-refractivity contribution in [2.45, 2.75) is 6.10 Å². The number of carbonyl (C=O) groups is 1. The Morgan fingerprint density at radius 1 is 1.58 bits per heavy atom. The third-order valence-corrected chi connectivity index (χ3v) is 3.27. The Morgan fingerprint density at radius 3 is 2.92 bits per heavy atom. The zero-order valence-corrected chi connectivity index (χ0v) is 8.39. The van der Waals surface area contributed by atoms with Crippen LogP contribution in [0.2, 0.25) is 0 Å². The van der Waals surface area contributed by atoms with Gasteiger partial charge in [0.05, 0.1) is 4.88 Å². The van der Waals surface area contributed by atoms with E-state index in [1.807, 2.05) is 11.4 Å². The van der Waals surface area contributed by atoms with Gasteiger partial charge in [0.2, 0.25) is 0 Å². The Labute approximate surface area is 82.0 Å². The highest BCUT2D eigenvalue weighted by Gasteiger charge is 2.19. The van der Waals surface area contributed by atoms with Crippen LogP contribution in [0.5, 0.6) is 0 Å². The van der Waals surface area contributed by atoms with Gasteiger partial charge in [-0.2, -0.15) is 0 Å². The van der Waals surface area contributed by atoms with Crippen molar-refractivity contribution in [1.82, 2.24) is 0 Å². The molecule has 0 bridgehead atoms. The summed E-state index contributed by atoms with van der Waals surface area (Å²) < 4.78 is 6.03. The number of ether oxygens (including phenoxy) is 1. The van der Waals surface area contributed by atoms with Crippen molar-refractivity contribution in [3.63, 3.8) is 0 Å². The zero-order chi connectivity index (χ0) is 8.55. The topological polar surface area (TPSA) is 26.3 Å². The Kier molecular flexibility index (Phi) is 2.02. The van der Waals surface area contributed by atoms with E-state index in [0.29, 0.717) is 0 Å². The molecule has 12 heavy (non-hydrogen) atoms. The molecule has 0 aromatic carbocycles. The molecule has 0 radical (unpaired) electrons. The van der Waals surface area contributed by atoms with E-state index in [0.717, 1.165) is 9.35 Å². The lowest BCUT2D eigenvalue weighted by Crippen LogP contribution is -1.97. The summed E-state index contributed by atoms with van der Waals surface area (Å²) >= 11 is 4.91. The average Bonchev–Trinajstić information content (AvgIpc) is 2.58. The van der Waals surface area contributed by atoms with Gasteiger partial charge in [0.1, 0.15) is 0 Å². The summed E-state index contributed by atoms with van der Waals surface area (Å²) in [6.45, 7) is 0. The van der Waals surface area contributed by atoms with Crippen molar-refractivity contribution < 1.29 is 9.53 Å². The highest BCUT2D eigenvalue weighted by Crippen LogP contribution is 2.31. The summed E-state index contributed by atoms with van der Waals surface area (Å²) in [6, 6.07) is 1.96. The first kappa shape index (κ1) is 8.01. The predicted octanol–water partition coefficient (Wildman–Crippen LogP) is 2.66. The number of thiophene rings is 1. The van der Waals surface area contributed by atoms with Crippen molar-refractivity contribution >= 4 is 33.2 Å². The molecule has 1 unspecified atom stereocenters. The molecule has 0 saturated carbocycles. The van der Waals surface area contributed by atoms with Crippen LogP contribution in [0.1, 0.15) is 11.0 Å². The number of carbonyl (C=O) groups excluding carboxylic acids is 1. The Bertz CT molecular complexity index is 343. The molecule has 4 heteroatoms. The first-order chi connectivity index (χ1) is 5.75. The Hall–Kier alpha value is -0.610. The number of rotatable bonds is 1. The number of halogens is 1. The van der Waals surface area contributed by atoms with E-state index in [-0.39, 0.29) is 12.1 Å². The van der Waals surface area contributed by atoms with Crippen molar-refractivity contribution in [3.8, 4) is 0 Å². The molecular weight excluding hydrogens is 240 g/mol. The summed E-state index contributed by atoms with van der Waals surface area (Å²) in [6.07, 6.45) is 3.05. The monoisotopic (exact) mass is 244 g/mol. The van der Waals surface area contributed by atoms with E-state index < -0.39 is 0 Å². The van der Waals surface area contributed by atoms with E-state index in [4.69, 9.17) is 4.74 Å². The lowest BCUT2D eigenvalue weighted by molar-refractivity contribution is -0.138. The third-order valence-electron chi connectivity index (χ3n) is 1.52. The summed E-state index contributed by atoms with van der Waals surface area (Å²) in [5, 5.41) is 1.97. The first-order valence-electron chi connectivity index (χ1n) is 3.38. The Balaban J connectivity index is 2.22. The molecule has 1 atom stereocenters. The predicted molar refractivity (Wildman–Crippen MR) is 50.0 cm³/mol. The second kappa shape index (κ2) is 3.03. The van der Waals surface area contributed by atoms with Crippen LogP contribution < -0.4 is 0 Å². The average molecular weight is 245 g/mol. The first-order valence-corrected chi connectivity index (χ1v) is 5.06. The van der Waals surface area contributed by atoms with Gasteiger partial charge in [-0.05, 0) is 28.1 Å². The van der Waals surface area contributed by atoms with E-state index >= 15 is 0 Å². The molecule has 0 spiro atoms. The molecule has 2 rings (SSSR count). The smallest absolute Gasteiger partial charge is 0.331 e. The molecule has 0 saturated heterocycles. The lowest BCUT2D eigenvalue weighted by Gasteiger charge is -2.03. The minimum Gasteiger partial charge on any atom is -0.449 e. The fourth-order valence-electron chi connectivity index (χ4n) is 1.00. The van der Waals surface area contributed by atoms with Gasteiger partial charge in [0.25, 0.3) is 0 Å². The summed E-state index contributed by atoms with van der Waals surface area (Å²) in [7, 11) is 0. The van der Waals surface area contributed by atoms with E-state index in [2.05, 4.69) is 15.9 Å². The third kappa shape index (κ3) is 1.44. The molecule has 1 aliphatic heterocycles. The molecule has 62 valence electrons. The van der Waals surface area contributed by atoms with Gasteiger partial charge in [-0.3, -0.25) is 0 Å². The fraction of sp³-hybridized carbons (Fsp3) is 0.125. The van der Waals surface area contributed by atoms with Crippen LogP contribution in [0.25, 0.3) is 0 Å². The van der Waals surface area contributed by atoms with Crippen LogP contribution in [0.3, 0.4) is 0 Å². The van der Waals surface area contributed by atoms with Crippen molar-refractivity contribution in [1.29, 1.82) is 0 Å². The molecule has 1 aliphatic rings. The van der Waals surface area contributed by atoms with Crippen LogP contribution in [0, 0.1) is 0 Å². The van der Waals surface area contributed by atoms with Crippen molar-refractivity contribution in [3.05, 3.63) is 32.9 Å². The van der Waals surface area contributed by atoms with Gasteiger partial charge in [0, 0.05) is 15.9 Å². The minimum absolute atomic E-state index is 0.172. The maximum absolute atomic E-state index is 10.7. The molecule has 0 fully saturated rings. The number of cyclic esters (lactones) is 1. The van der Waals surface area contributed by atoms with Gasteiger partial charge < -0.3 is 4.74 Å². The van der Waals surface area contributed by atoms with E-state index in [1.54, 1.807) is 17.4 Å². The summed E-state index contributed by atoms with van der Waals surface area (Å²) in [5.41, 5.74) is 0. The number of esters is 1. The van der Waals surface area contributed by atoms with Gasteiger partial charge in [-0.1, -0.05) is 0 Å². The SMILES string of the molecule is O=C1C=CC(c2cc(Br)cs2)O1. The van der Waals surface area contributed by atoms with E-state index in [9.17, 15) is 4.79 Å². The van der Waals surface area contributed by atoms with E-state index in [1.165, 1.54) is 6.08 Å². The quantitative estimate of drug-likeness (QED) is 0.711. The second-order valence-corrected chi connectivity index (χ2v) is 4.24. The molecule has 1 aromatic rings. The fourth-order valence-corrected chi connectivity index (χ4v) is 2.45. The Morgan fingerprint density at radius 2 is 2.42 bits per heavy atom. The normalized spacial score (nSPS) is 21.4. The van der Waals surface area contributed by atoms with Crippen molar-refractivity contribution in [2.75, 3.05) is 0 Å². The van der Waals surface area contributed by atoms with Crippen LogP contribution in [-0.2, 0) is 9.53 Å².